The number of pyridine rings is 2. The molecule has 0 aliphatic carbocycles. The zero-order chi connectivity index (χ0) is 16.6. The average Bonchev–Trinajstić information content (AvgIpc) is 2.89. The van der Waals surface area contributed by atoms with E-state index in [4.69, 9.17) is 0 Å². The summed E-state index contributed by atoms with van der Waals surface area (Å²) in [5.41, 5.74) is 1.45. The van der Waals surface area contributed by atoms with E-state index in [1.54, 1.807) is 6.20 Å². The van der Waals surface area contributed by atoms with E-state index in [1.807, 2.05) is 19.9 Å². The zero-order valence-electron chi connectivity index (χ0n) is 12.3. The predicted octanol–water partition coefficient (Wildman–Crippen LogP) is 5.19. The lowest BCUT2D eigenvalue weighted by Gasteiger charge is -2.10. The lowest BCUT2D eigenvalue weighted by atomic mass is 10.2. The van der Waals surface area contributed by atoms with Gasteiger partial charge in [-0.2, -0.15) is 13.2 Å². The quantitative estimate of drug-likeness (QED) is 0.606. The number of hydrogen-bond acceptors (Lipinski definition) is 5. The van der Waals surface area contributed by atoms with Crippen LogP contribution >= 0.6 is 23.1 Å². The molecular weight excluding hydrogens is 343 g/mol. The van der Waals surface area contributed by atoms with Gasteiger partial charge in [0.05, 0.1) is 5.56 Å². The second-order valence-electron chi connectivity index (χ2n) is 4.86. The van der Waals surface area contributed by atoms with E-state index in [-0.39, 0.29) is 0 Å². The molecule has 3 rings (SSSR count). The molecule has 0 saturated heterocycles. The second kappa shape index (κ2) is 6.09. The molecule has 0 fully saturated rings. The fraction of sp³-hybridized carbons (Fsp3) is 0.267. The minimum atomic E-state index is -4.40. The van der Waals surface area contributed by atoms with E-state index >= 15 is 0 Å². The molecule has 0 radical (unpaired) electrons. The van der Waals surface area contributed by atoms with Gasteiger partial charge in [-0.15, -0.1) is 11.8 Å². The monoisotopic (exact) mass is 355 g/mol. The maximum Gasteiger partial charge on any atom is 0.417 e. The zero-order valence-corrected chi connectivity index (χ0v) is 13.9. The number of hydrogen-bond donors (Lipinski definition) is 0. The molecule has 0 aromatic carbocycles. The highest BCUT2D eigenvalue weighted by molar-refractivity contribution is 7.99. The summed E-state index contributed by atoms with van der Waals surface area (Å²) in [6, 6.07) is 3.04. The van der Waals surface area contributed by atoms with Gasteiger partial charge in [-0.1, -0.05) is 18.3 Å². The van der Waals surface area contributed by atoms with Crippen molar-refractivity contribution in [2.24, 2.45) is 0 Å². The molecule has 120 valence electrons. The summed E-state index contributed by atoms with van der Waals surface area (Å²) in [6.45, 7) is 3.80. The van der Waals surface area contributed by atoms with E-state index in [9.17, 15) is 13.2 Å². The molecule has 0 aliphatic heterocycles. The van der Waals surface area contributed by atoms with Crippen LogP contribution in [0, 0.1) is 6.92 Å². The predicted molar refractivity (Wildman–Crippen MR) is 86.8 cm³/mol. The van der Waals surface area contributed by atoms with Crippen LogP contribution in [0.25, 0.3) is 21.0 Å². The van der Waals surface area contributed by atoms with Crippen LogP contribution in [-0.2, 0) is 6.18 Å². The van der Waals surface area contributed by atoms with Crippen LogP contribution in [0.3, 0.4) is 0 Å². The van der Waals surface area contributed by atoms with Gasteiger partial charge in [-0.25, -0.2) is 9.97 Å². The average molecular weight is 355 g/mol. The number of halogens is 3. The molecule has 0 bridgehead atoms. The number of fused-ring (bicyclic) bond motifs is 1. The number of rotatable bonds is 3. The normalized spacial score (nSPS) is 12.0. The van der Waals surface area contributed by atoms with Crippen molar-refractivity contribution in [1.29, 1.82) is 0 Å². The molecule has 0 saturated carbocycles. The molecule has 23 heavy (non-hydrogen) atoms. The standard InChI is InChI=1S/C15H12F3N3S2/c1-3-22-11-5-9(15(16,17)18)7-19-12(11)14-21-10-4-8(2)6-20-13(10)23-14/h4-7H,3H2,1-2H3. The fourth-order valence-corrected chi connectivity index (χ4v) is 3.82. The van der Waals surface area contributed by atoms with Gasteiger partial charge < -0.3 is 0 Å². The van der Waals surface area contributed by atoms with Crippen LogP contribution in [-0.4, -0.2) is 20.7 Å². The molecule has 0 aliphatic rings. The topological polar surface area (TPSA) is 38.7 Å². The van der Waals surface area contributed by atoms with Crippen LogP contribution in [0.1, 0.15) is 18.1 Å². The highest BCUT2D eigenvalue weighted by Gasteiger charge is 2.32. The van der Waals surface area contributed by atoms with Crippen molar-refractivity contribution in [2.45, 2.75) is 24.9 Å². The van der Waals surface area contributed by atoms with Crippen molar-refractivity contribution in [1.82, 2.24) is 15.0 Å². The molecule has 0 unspecified atom stereocenters. The first-order valence-corrected chi connectivity index (χ1v) is 8.62. The third-order valence-corrected chi connectivity index (χ3v) is 4.96. The van der Waals surface area contributed by atoms with Crippen molar-refractivity contribution in [3.8, 4) is 10.7 Å². The summed E-state index contributed by atoms with van der Waals surface area (Å²) in [7, 11) is 0. The minimum Gasteiger partial charge on any atom is -0.252 e. The van der Waals surface area contributed by atoms with E-state index in [0.717, 1.165) is 28.2 Å². The van der Waals surface area contributed by atoms with E-state index in [0.29, 0.717) is 21.3 Å². The first kappa shape index (κ1) is 16.2. The van der Waals surface area contributed by atoms with Crippen molar-refractivity contribution in [3.63, 3.8) is 0 Å². The molecule has 3 heterocycles. The molecule has 3 nitrogen and oxygen atoms in total. The Morgan fingerprint density at radius 3 is 2.65 bits per heavy atom. The Labute approximate surface area is 139 Å². The number of thioether (sulfide) groups is 1. The maximum absolute atomic E-state index is 12.9. The fourth-order valence-electron chi connectivity index (χ4n) is 2.05. The van der Waals surface area contributed by atoms with E-state index in [1.165, 1.54) is 23.1 Å². The van der Waals surface area contributed by atoms with Crippen LogP contribution in [0.4, 0.5) is 13.2 Å². The summed E-state index contributed by atoms with van der Waals surface area (Å²) in [5, 5.41) is 0.586. The van der Waals surface area contributed by atoms with Gasteiger partial charge >= 0.3 is 6.18 Å². The van der Waals surface area contributed by atoms with Gasteiger partial charge in [0.15, 0.2) is 0 Å². The molecule has 3 aromatic rings. The van der Waals surface area contributed by atoms with Gasteiger partial charge in [-0.3, -0.25) is 4.98 Å². The van der Waals surface area contributed by atoms with Crippen molar-refractivity contribution >= 4 is 33.4 Å². The van der Waals surface area contributed by atoms with Crippen molar-refractivity contribution in [3.05, 3.63) is 35.7 Å². The summed E-state index contributed by atoms with van der Waals surface area (Å²) in [5.74, 6) is 0.651. The summed E-state index contributed by atoms with van der Waals surface area (Å²) in [4.78, 5) is 14.0. The SMILES string of the molecule is CCSc1cc(C(F)(F)F)cnc1-c1nc2cc(C)cnc2s1. The maximum atomic E-state index is 12.9. The van der Waals surface area contributed by atoms with Gasteiger partial charge in [0.1, 0.15) is 21.0 Å². The molecular formula is C15H12F3N3S2. The van der Waals surface area contributed by atoms with Crippen LogP contribution in [0.15, 0.2) is 29.4 Å². The molecule has 0 N–H and O–H groups in total. The lowest BCUT2D eigenvalue weighted by molar-refractivity contribution is -0.138. The highest BCUT2D eigenvalue weighted by Crippen LogP contribution is 2.38. The molecule has 8 heteroatoms. The van der Waals surface area contributed by atoms with Crippen LogP contribution in [0.2, 0.25) is 0 Å². The lowest BCUT2D eigenvalue weighted by Crippen LogP contribution is -2.06. The third-order valence-electron chi connectivity index (χ3n) is 3.07. The largest absolute Gasteiger partial charge is 0.417 e. The molecule has 0 atom stereocenters. The first-order chi connectivity index (χ1) is 10.9. The first-order valence-electron chi connectivity index (χ1n) is 6.82. The Morgan fingerprint density at radius 1 is 1.17 bits per heavy atom. The van der Waals surface area contributed by atoms with Crippen molar-refractivity contribution < 1.29 is 13.2 Å². The molecule has 3 aromatic heterocycles. The Morgan fingerprint density at radius 2 is 1.96 bits per heavy atom. The smallest absolute Gasteiger partial charge is 0.252 e. The number of aromatic nitrogens is 3. The Bertz CT molecular complexity index is 859. The van der Waals surface area contributed by atoms with Crippen molar-refractivity contribution in [2.75, 3.05) is 5.75 Å². The molecule has 0 spiro atoms. The highest BCUT2D eigenvalue weighted by atomic mass is 32.2. The number of thiazole rings is 1. The van der Waals surface area contributed by atoms with Gasteiger partial charge in [0.2, 0.25) is 0 Å². The minimum absolute atomic E-state index is 0.477. The number of alkyl halides is 3. The Kier molecular flexibility index (Phi) is 4.29. The second-order valence-corrected chi connectivity index (χ2v) is 7.14. The third kappa shape index (κ3) is 3.32. The van der Waals surface area contributed by atoms with Gasteiger partial charge in [0.25, 0.3) is 0 Å². The summed E-state index contributed by atoms with van der Waals surface area (Å²) >= 11 is 2.66. The van der Waals surface area contributed by atoms with Crippen LogP contribution < -0.4 is 0 Å². The molecule has 0 amide bonds. The Balaban J connectivity index is 2.12. The number of aryl methyl sites for hydroxylation is 1. The van der Waals surface area contributed by atoms with E-state index in [2.05, 4.69) is 15.0 Å². The number of nitrogens with zero attached hydrogens (tertiary/aromatic N) is 3. The van der Waals surface area contributed by atoms with Gasteiger partial charge in [0, 0.05) is 17.3 Å². The Hall–Kier alpha value is -1.67. The summed E-state index contributed by atoms with van der Waals surface area (Å²) in [6.07, 6.45) is -1.80. The van der Waals surface area contributed by atoms with Gasteiger partial charge in [-0.05, 0) is 30.4 Å². The van der Waals surface area contributed by atoms with Crippen LogP contribution in [0.5, 0.6) is 0 Å². The summed E-state index contributed by atoms with van der Waals surface area (Å²) < 4.78 is 38.6. The van der Waals surface area contributed by atoms with E-state index < -0.39 is 11.7 Å².